The molecule has 9 aromatic rings. The van der Waals surface area contributed by atoms with Crippen molar-refractivity contribution in [2.24, 2.45) is 0 Å². The van der Waals surface area contributed by atoms with Crippen LogP contribution in [0.1, 0.15) is 5.56 Å². The van der Waals surface area contributed by atoms with E-state index in [0.717, 1.165) is 39.1 Å². The summed E-state index contributed by atoms with van der Waals surface area (Å²) in [6, 6.07) is 60.9. The number of imidazole rings is 2. The van der Waals surface area contributed by atoms with Gasteiger partial charge in [0.25, 0.3) is 0 Å². The van der Waals surface area contributed by atoms with E-state index < -0.39 is 0 Å². The number of nitrogens with zero attached hydrogens (tertiary/aromatic N) is 3. The van der Waals surface area contributed by atoms with Crippen molar-refractivity contribution in [3.8, 4) is 50.2 Å². The highest BCUT2D eigenvalue weighted by Gasteiger charge is 2.20. The Balaban J connectivity index is 1.33. The van der Waals surface area contributed by atoms with Crippen LogP contribution in [0.4, 0.5) is 0 Å². The van der Waals surface area contributed by atoms with E-state index in [4.69, 9.17) is 4.98 Å². The van der Waals surface area contributed by atoms with Gasteiger partial charge in [0, 0.05) is 5.69 Å². The van der Waals surface area contributed by atoms with Crippen LogP contribution in [0.5, 0.6) is 0 Å². The molecule has 47 heavy (non-hydrogen) atoms. The zero-order valence-corrected chi connectivity index (χ0v) is 26.0. The smallest absolute Gasteiger partial charge is 0.220 e. The normalized spacial score (nSPS) is 11.5. The lowest BCUT2D eigenvalue weighted by atomic mass is 9.85. The van der Waals surface area contributed by atoms with Gasteiger partial charge in [-0.3, -0.25) is 8.97 Å². The van der Waals surface area contributed by atoms with Crippen molar-refractivity contribution < 1.29 is 0 Å². The van der Waals surface area contributed by atoms with Crippen molar-refractivity contribution >= 4 is 27.8 Å². The largest absolute Gasteiger partial charge is 0.278 e. The van der Waals surface area contributed by atoms with E-state index >= 15 is 0 Å². The van der Waals surface area contributed by atoms with Crippen LogP contribution in [0.15, 0.2) is 170 Å². The van der Waals surface area contributed by atoms with Crippen LogP contribution in [-0.4, -0.2) is 14.0 Å². The van der Waals surface area contributed by atoms with Gasteiger partial charge in [-0.1, -0.05) is 127 Å². The number of fused-ring (bicyclic) bond motifs is 5. The second-order valence-corrected chi connectivity index (χ2v) is 12.1. The average molecular weight is 602 g/mol. The lowest BCUT2D eigenvalue weighted by Crippen LogP contribution is -1.97. The van der Waals surface area contributed by atoms with Gasteiger partial charge in [0.2, 0.25) is 5.78 Å². The summed E-state index contributed by atoms with van der Waals surface area (Å²) in [4.78, 5) is 5.22. The molecule has 0 atom stereocenters. The second kappa shape index (κ2) is 11.0. The lowest BCUT2D eigenvalue weighted by Gasteiger charge is -2.19. The van der Waals surface area contributed by atoms with E-state index in [-0.39, 0.29) is 0 Å². The molecule has 0 aliphatic heterocycles. The first kappa shape index (κ1) is 27.1. The Morgan fingerprint density at radius 3 is 1.47 bits per heavy atom. The fraction of sp³-hybridized carbons (Fsp3) is 0.0227. The van der Waals surface area contributed by atoms with E-state index in [1.54, 1.807) is 0 Å². The van der Waals surface area contributed by atoms with E-state index in [1.807, 2.05) is 0 Å². The van der Waals surface area contributed by atoms with Crippen LogP contribution in [0.25, 0.3) is 78.0 Å². The van der Waals surface area contributed by atoms with Gasteiger partial charge < -0.3 is 0 Å². The maximum Gasteiger partial charge on any atom is 0.220 e. The third kappa shape index (κ3) is 4.47. The van der Waals surface area contributed by atoms with Crippen molar-refractivity contribution in [3.05, 3.63) is 175 Å². The maximum absolute atomic E-state index is 5.22. The van der Waals surface area contributed by atoms with Crippen molar-refractivity contribution in [2.45, 2.75) is 6.92 Å². The molecule has 222 valence electrons. The first-order chi connectivity index (χ1) is 23.2. The van der Waals surface area contributed by atoms with E-state index in [9.17, 15) is 0 Å². The van der Waals surface area contributed by atoms with Crippen LogP contribution in [0.2, 0.25) is 0 Å². The standard InChI is InChI=1S/C44H31N3/c1-30-15-13-26-42-43(30)45-44-46(40-24-11-12-25-41(40)47(42)44)35-23-14-22-34(27-35)39-29-37(32-18-7-3-8-19-32)36(31-16-5-2-6-17-31)28-38(39)33-20-9-4-10-21-33/h2-29H,1H3. The minimum absolute atomic E-state index is 0.917. The highest BCUT2D eigenvalue weighted by atomic mass is 15.2. The molecule has 0 fully saturated rings. The molecule has 9 rings (SSSR count). The SMILES string of the molecule is Cc1cccc2c1nc1n(-c3cccc(-c4cc(-c5ccccc5)c(-c5ccccc5)cc4-c4ccccc4)c3)c3ccccc3n21. The minimum Gasteiger partial charge on any atom is -0.278 e. The molecule has 3 nitrogen and oxygen atoms in total. The zero-order chi connectivity index (χ0) is 31.3. The Bertz CT molecular complexity index is 2560. The zero-order valence-electron chi connectivity index (χ0n) is 26.0. The van der Waals surface area contributed by atoms with Crippen molar-refractivity contribution in [1.29, 1.82) is 0 Å². The Morgan fingerprint density at radius 2 is 0.872 bits per heavy atom. The number of hydrogen-bond donors (Lipinski definition) is 0. The predicted octanol–water partition coefficient (Wildman–Crippen LogP) is 11.4. The summed E-state index contributed by atoms with van der Waals surface area (Å²) in [5, 5.41) is 0. The van der Waals surface area contributed by atoms with Crippen molar-refractivity contribution in [3.63, 3.8) is 0 Å². The molecule has 3 heteroatoms. The molecule has 0 aliphatic carbocycles. The molecule has 0 N–H and O–H groups in total. The van der Waals surface area contributed by atoms with Crippen LogP contribution >= 0.6 is 0 Å². The molecule has 0 unspecified atom stereocenters. The first-order valence-electron chi connectivity index (χ1n) is 16.1. The summed E-state index contributed by atoms with van der Waals surface area (Å²) >= 11 is 0. The molecule has 0 amide bonds. The predicted molar refractivity (Wildman–Crippen MR) is 196 cm³/mol. The Kier molecular flexibility index (Phi) is 6.36. The lowest BCUT2D eigenvalue weighted by molar-refractivity contribution is 1.11. The van der Waals surface area contributed by atoms with Gasteiger partial charge in [-0.15, -0.1) is 0 Å². The van der Waals surface area contributed by atoms with E-state index in [1.165, 1.54) is 44.5 Å². The summed E-state index contributed by atoms with van der Waals surface area (Å²) in [5.74, 6) is 0.917. The van der Waals surface area contributed by atoms with Crippen molar-refractivity contribution in [2.75, 3.05) is 0 Å². The number of rotatable bonds is 5. The van der Waals surface area contributed by atoms with Crippen LogP contribution in [0, 0.1) is 6.92 Å². The molecular weight excluding hydrogens is 571 g/mol. The Morgan fingerprint density at radius 1 is 0.404 bits per heavy atom. The summed E-state index contributed by atoms with van der Waals surface area (Å²) in [5.41, 5.74) is 16.2. The van der Waals surface area contributed by atoms with Gasteiger partial charge in [0.1, 0.15) is 0 Å². The van der Waals surface area contributed by atoms with Crippen LogP contribution < -0.4 is 0 Å². The molecule has 7 aromatic carbocycles. The molecule has 0 radical (unpaired) electrons. The highest BCUT2D eigenvalue weighted by Crippen LogP contribution is 2.43. The fourth-order valence-corrected chi connectivity index (χ4v) is 7.04. The molecule has 0 bridgehead atoms. The number of aryl methyl sites for hydroxylation is 1. The number of aromatic nitrogens is 3. The summed E-state index contributed by atoms with van der Waals surface area (Å²) in [7, 11) is 0. The fourth-order valence-electron chi connectivity index (χ4n) is 7.04. The second-order valence-electron chi connectivity index (χ2n) is 12.1. The van der Waals surface area contributed by atoms with Crippen molar-refractivity contribution in [1.82, 2.24) is 14.0 Å². The molecule has 0 aliphatic rings. The number of para-hydroxylation sites is 3. The molecule has 0 saturated heterocycles. The molecular formula is C44H31N3. The van der Waals surface area contributed by atoms with E-state index in [0.29, 0.717) is 0 Å². The summed E-state index contributed by atoms with van der Waals surface area (Å²) < 4.78 is 4.60. The average Bonchev–Trinajstić information content (AvgIpc) is 3.68. The van der Waals surface area contributed by atoms with Gasteiger partial charge in [-0.2, -0.15) is 0 Å². The number of benzene rings is 7. The third-order valence-corrected chi connectivity index (χ3v) is 9.26. The summed E-state index contributed by atoms with van der Waals surface area (Å²) in [6.07, 6.45) is 0. The molecule has 2 aromatic heterocycles. The van der Waals surface area contributed by atoms with Gasteiger partial charge in [-0.05, 0) is 99.5 Å². The van der Waals surface area contributed by atoms with Crippen LogP contribution in [-0.2, 0) is 0 Å². The third-order valence-electron chi connectivity index (χ3n) is 9.26. The Hall–Kier alpha value is -6.19. The maximum atomic E-state index is 5.22. The molecule has 0 saturated carbocycles. The quantitative estimate of drug-likeness (QED) is 0.192. The topological polar surface area (TPSA) is 22.2 Å². The van der Waals surface area contributed by atoms with E-state index in [2.05, 4.69) is 186 Å². The molecule has 0 spiro atoms. The highest BCUT2D eigenvalue weighted by molar-refractivity contribution is 5.96. The van der Waals surface area contributed by atoms with Crippen LogP contribution in [0.3, 0.4) is 0 Å². The number of hydrogen-bond acceptors (Lipinski definition) is 1. The minimum atomic E-state index is 0.917. The van der Waals surface area contributed by atoms with Gasteiger partial charge >= 0.3 is 0 Å². The monoisotopic (exact) mass is 601 g/mol. The first-order valence-corrected chi connectivity index (χ1v) is 16.1. The summed E-state index contributed by atoms with van der Waals surface area (Å²) in [6.45, 7) is 2.14. The van der Waals surface area contributed by atoms with Gasteiger partial charge in [0.05, 0.1) is 22.1 Å². The molecule has 2 heterocycles. The van der Waals surface area contributed by atoms with Gasteiger partial charge in [-0.25, -0.2) is 4.98 Å². The van der Waals surface area contributed by atoms with Gasteiger partial charge in [0.15, 0.2) is 0 Å². The Labute approximate surface area is 273 Å².